The van der Waals surface area contributed by atoms with Crippen LogP contribution in [0.5, 0.6) is 0 Å². The standard InChI is InChI=1S/C20H13NO3/c22-21(23)16-10-8-15(9-11-16)19-12-13-20(24-19)18-7-3-5-14-4-1-2-6-17(14)18/h1-13H. The molecular formula is C20H13NO3. The third-order valence-electron chi connectivity index (χ3n) is 4.02. The van der Waals surface area contributed by atoms with Gasteiger partial charge >= 0.3 is 0 Å². The predicted octanol–water partition coefficient (Wildman–Crippen LogP) is 5.68. The van der Waals surface area contributed by atoms with Crippen molar-refractivity contribution in [2.24, 2.45) is 0 Å². The molecule has 24 heavy (non-hydrogen) atoms. The van der Waals surface area contributed by atoms with Crippen molar-refractivity contribution in [3.8, 4) is 22.6 Å². The summed E-state index contributed by atoms with van der Waals surface area (Å²) in [5.41, 5.74) is 1.91. The van der Waals surface area contributed by atoms with Gasteiger partial charge in [-0.3, -0.25) is 10.1 Å². The molecule has 0 amide bonds. The Balaban J connectivity index is 1.75. The number of benzene rings is 3. The lowest BCUT2D eigenvalue weighted by atomic mass is 10.0. The zero-order valence-electron chi connectivity index (χ0n) is 12.7. The highest BCUT2D eigenvalue weighted by Crippen LogP contribution is 2.33. The van der Waals surface area contributed by atoms with Crippen LogP contribution in [-0.4, -0.2) is 4.92 Å². The van der Waals surface area contributed by atoms with Gasteiger partial charge in [-0.25, -0.2) is 0 Å². The van der Waals surface area contributed by atoms with Crippen molar-refractivity contribution < 1.29 is 9.34 Å². The summed E-state index contributed by atoms with van der Waals surface area (Å²) < 4.78 is 5.99. The van der Waals surface area contributed by atoms with E-state index in [4.69, 9.17) is 4.42 Å². The normalized spacial score (nSPS) is 10.8. The molecule has 0 bridgehead atoms. The molecule has 0 aliphatic carbocycles. The van der Waals surface area contributed by atoms with E-state index in [1.807, 2.05) is 36.4 Å². The fourth-order valence-corrected chi connectivity index (χ4v) is 2.83. The molecule has 0 saturated carbocycles. The number of hydrogen-bond acceptors (Lipinski definition) is 3. The first-order valence-electron chi connectivity index (χ1n) is 7.55. The molecule has 0 radical (unpaired) electrons. The zero-order valence-corrected chi connectivity index (χ0v) is 12.7. The highest BCUT2D eigenvalue weighted by atomic mass is 16.6. The summed E-state index contributed by atoms with van der Waals surface area (Å²) in [5, 5.41) is 13.0. The van der Waals surface area contributed by atoms with Gasteiger partial charge in [0.25, 0.3) is 5.69 Å². The van der Waals surface area contributed by atoms with E-state index >= 15 is 0 Å². The van der Waals surface area contributed by atoms with Crippen molar-refractivity contribution in [3.63, 3.8) is 0 Å². The average Bonchev–Trinajstić information content (AvgIpc) is 3.11. The molecule has 4 aromatic rings. The summed E-state index contributed by atoms with van der Waals surface area (Å²) in [5.74, 6) is 1.47. The van der Waals surface area contributed by atoms with E-state index in [9.17, 15) is 10.1 Å². The van der Waals surface area contributed by atoms with Crippen LogP contribution in [0.4, 0.5) is 5.69 Å². The smallest absolute Gasteiger partial charge is 0.269 e. The quantitative estimate of drug-likeness (QED) is 0.361. The van der Waals surface area contributed by atoms with E-state index in [0.29, 0.717) is 5.76 Å². The van der Waals surface area contributed by atoms with Gasteiger partial charge in [-0.2, -0.15) is 0 Å². The Hall–Kier alpha value is -3.40. The van der Waals surface area contributed by atoms with Gasteiger partial charge in [0, 0.05) is 23.3 Å². The van der Waals surface area contributed by atoms with Gasteiger partial charge in [0.2, 0.25) is 0 Å². The van der Waals surface area contributed by atoms with E-state index in [2.05, 4.69) is 18.2 Å². The van der Waals surface area contributed by atoms with Gasteiger partial charge in [0.05, 0.1) is 4.92 Å². The van der Waals surface area contributed by atoms with E-state index < -0.39 is 4.92 Å². The van der Waals surface area contributed by atoms with Crippen LogP contribution < -0.4 is 0 Å². The first-order valence-corrected chi connectivity index (χ1v) is 7.55. The second kappa shape index (κ2) is 5.66. The third kappa shape index (κ3) is 2.44. The number of hydrogen-bond donors (Lipinski definition) is 0. The van der Waals surface area contributed by atoms with Crippen LogP contribution in [0.15, 0.2) is 83.3 Å². The Kier molecular flexibility index (Phi) is 3.35. The van der Waals surface area contributed by atoms with Crippen molar-refractivity contribution in [1.29, 1.82) is 0 Å². The van der Waals surface area contributed by atoms with Crippen LogP contribution >= 0.6 is 0 Å². The number of non-ortho nitro benzene ring substituents is 1. The molecule has 4 rings (SSSR count). The number of fused-ring (bicyclic) bond motifs is 1. The van der Waals surface area contributed by atoms with Crippen molar-refractivity contribution in [2.75, 3.05) is 0 Å². The van der Waals surface area contributed by atoms with Gasteiger partial charge in [-0.15, -0.1) is 0 Å². The second-order valence-corrected chi connectivity index (χ2v) is 5.49. The van der Waals surface area contributed by atoms with E-state index in [1.165, 1.54) is 12.1 Å². The minimum Gasteiger partial charge on any atom is -0.456 e. The van der Waals surface area contributed by atoms with Crippen molar-refractivity contribution >= 4 is 16.5 Å². The molecule has 116 valence electrons. The molecule has 0 fully saturated rings. The summed E-state index contributed by atoms with van der Waals surface area (Å²) in [4.78, 5) is 10.3. The largest absolute Gasteiger partial charge is 0.456 e. The number of furan rings is 1. The minimum atomic E-state index is -0.409. The summed E-state index contributed by atoms with van der Waals surface area (Å²) >= 11 is 0. The first kappa shape index (κ1) is 14.2. The zero-order chi connectivity index (χ0) is 16.5. The van der Waals surface area contributed by atoms with Crippen LogP contribution in [0.1, 0.15) is 0 Å². The molecule has 0 aliphatic heterocycles. The van der Waals surface area contributed by atoms with Crippen LogP contribution in [0.2, 0.25) is 0 Å². The maximum Gasteiger partial charge on any atom is 0.269 e. The summed E-state index contributed by atoms with van der Waals surface area (Å²) in [7, 11) is 0. The predicted molar refractivity (Wildman–Crippen MR) is 93.7 cm³/mol. The monoisotopic (exact) mass is 315 g/mol. The number of nitrogens with zero attached hydrogens (tertiary/aromatic N) is 1. The lowest BCUT2D eigenvalue weighted by molar-refractivity contribution is -0.384. The topological polar surface area (TPSA) is 56.3 Å². The summed E-state index contributed by atoms with van der Waals surface area (Å²) in [6.45, 7) is 0. The highest BCUT2D eigenvalue weighted by Gasteiger charge is 2.11. The molecule has 1 heterocycles. The van der Waals surface area contributed by atoms with E-state index in [1.54, 1.807) is 12.1 Å². The lowest BCUT2D eigenvalue weighted by Crippen LogP contribution is -1.86. The molecular weight excluding hydrogens is 302 g/mol. The molecule has 0 N–H and O–H groups in total. The molecule has 1 aromatic heterocycles. The van der Waals surface area contributed by atoms with Gasteiger partial charge in [-0.1, -0.05) is 42.5 Å². The van der Waals surface area contributed by atoms with Crippen molar-refractivity contribution in [3.05, 3.63) is 89.0 Å². The minimum absolute atomic E-state index is 0.0691. The third-order valence-corrected chi connectivity index (χ3v) is 4.02. The molecule has 3 aromatic carbocycles. The number of nitro benzene ring substituents is 1. The Morgan fingerprint density at radius 1 is 0.750 bits per heavy atom. The molecule has 4 nitrogen and oxygen atoms in total. The molecule has 0 unspecified atom stereocenters. The van der Waals surface area contributed by atoms with Gasteiger partial charge in [0.15, 0.2) is 0 Å². The van der Waals surface area contributed by atoms with E-state index in [0.717, 1.165) is 27.7 Å². The van der Waals surface area contributed by atoms with Crippen LogP contribution in [0, 0.1) is 10.1 Å². The molecule has 0 aliphatic rings. The van der Waals surface area contributed by atoms with Gasteiger partial charge in [-0.05, 0) is 35.0 Å². The molecule has 0 spiro atoms. The SMILES string of the molecule is O=[N+]([O-])c1ccc(-c2ccc(-c3cccc4ccccc34)o2)cc1. The Morgan fingerprint density at radius 3 is 2.25 bits per heavy atom. The fourth-order valence-electron chi connectivity index (χ4n) is 2.83. The number of rotatable bonds is 3. The highest BCUT2D eigenvalue weighted by molar-refractivity contribution is 5.95. The van der Waals surface area contributed by atoms with Crippen LogP contribution in [0.3, 0.4) is 0 Å². The summed E-state index contributed by atoms with van der Waals surface area (Å²) in [6.07, 6.45) is 0. The van der Waals surface area contributed by atoms with Crippen molar-refractivity contribution in [2.45, 2.75) is 0 Å². The Bertz CT molecular complexity index is 1030. The van der Waals surface area contributed by atoms with Crippen LogP contribution in [-0.2, 0) is 0 Å². The molecule has 0 saturated heterocycles. The fraction of sp³-hybridized carbons (Fsp3) is 0. The molecule has 4 heteroatoms. The average molecular weight is 315 g/mol. The Labute approximate surface area is 138 Å². The van der Waals surface area contributed by atoms with Crippen molar-refractivity contribution in [1.82, 2.24) is 0 Å². The van der Waals surface area contributed by atoms with E-state index in [-0.39, 0.29) is 5.69 Å². The number of nitro groups is 1. The first-order chi connectivity index (χ1) is 11.7. The van der Waals surface area contributed by atoms with Gasteiger partial charge in [0.1, 0.15) is 11.5 Å². The second-order valence-electron chi connectivity index (χ2n) is 5.49. The van der Waals surface area contributed by atoms with Crippen LogP contribution in [0.25, 0.3) is 33.4 Å². The Morgan fingerprint density at radius 2 is 1.46 bits per heavy atom. The summed E-state index contributed by atoms with van der Waals surface area (Å²) in [6, 6.07) is 24.4. The molecule has 0 atom stereocenters. The lowest BCUT2D eigenvalue weighted by Gasteiger charge is -2.04. The maximum atomic E-state index is 10.7. The van der Waals surface area contributed by atoms with Gasteiger partial charge < -0.3 is 4.42 Å². The maximum absolute atomic E-state index is 10.7.